The third-order valence-corrected chi connectivity index (χ3v) is 3.70. The van der Waals surface area contributed by atoms with E-state index in [4.69, 9.17) is 0 Å². The molecule has 2 aromatic carbocycles. The van der Waals surface area contributed by atoms with E-state index < -0.39 is 17.8 Å². The standard InChI is InChI=1S/C17H16FNO2/c18-14-2-1-3-15(10-14)19-16(17(20)21)13-8-6-12(7-9-13)11-4-5-11/h1-3,6-11,16,19H,4-5H2,(H,20,21). The fourth-order valence-corrected chi connectivity index (χ4v) is 2.41. The maximum Gasteiger partial charge on any atom is 0.330 e. The van der Waals surface area contributed by atoms with Crippen LogP contribution in [0.4, 0.5) is 10.1 Å². The predicted octanol–water partition coefficient (Wildman–Crippen LogP) is 3.94. The van der Waals surface area contributed by atoms with Crippen LogP contribution in [0.15, 0.2) is 48.5 Å². The van der Waals surface area contributed by atoms with Crippen molar-refractivity contribution < 1.29 is 14.3 Å². The molecular formula is C17H16FNO2. The van der Waals surface area contributed by atoms with Gasteiger partial charge in [0.05, 0.1) is 0 Å². The Hall–Kier alpha value is -2.36. The maximum absolute atomic E-state index is 13.2. The summed E-state index contributed by atoms with van der Waals surface area (Å²) < 4.78 is 13.2. The van der Waals surface area contributed by atoms with Gasteiger partial charge in [-0.3, -0.25) is 0 Å². The fraction of sp³-hybridized carbons (Fsp3) is 0.235. The van der Waals surface area contributed by atoms with Crippen molar-refractivity contribution in [2.45, 2.75) is 24.8 Å². The first-order chi connectivity index (χ1) is 10.1. The van der Waals surface area contributed by atoms with Crippen LogP contribution < -0.4 is 5.32 Å². The van der Waals surface area contributed by atoms with Crippen molar-refractivity contribution in [3.05, 3.63) is 65.5 Å². The van der Waals surface area contributed by atoms with Crippen LogP contribution >= 0.6 is 0 Å². The molecule has 1 aliphatic rings. The van der Waals surface area contributed by atoms with Crippen LogP contribution in [0.2, 0.25) is 0 Å². The summed E-state index contributed by atoms with van der Waals surface area (Å²) in [5.41, 5.74) is 2.37. The Labute approximate surface area is 122 Å². The largest absolute Gasteiger partial charge is 0.479 e. The minimum Gasteiger partial charge on any atom is -0.479 e. The van der Waals surface area contributed by atoms with Gasteiger partial charge in [0.1, 0.15) is 5.82 Å². The minimum absolute atomic E-state index is 0.395. The molecule has 0 spiro atoms. The average molecular weight is 285 g/mol. The Bertz CT molecular complexity index is 650. The molecule has 3 nitrogen and oxygen atoms in total. The zero-order chi connectivity index (χ0) is 14.8. The third kappa shape index (κ3) is 3.21. The van der Waals surface area contributed by atoms with E-state index >= 15 is 0 Å². The van der Waals surface area contributed by atoms with E-state index in [1.807, 2.05) is 24.3 Å². The van der Waals surface area contributed by atoms with E-state index in [1.54, 1.807) is 12.1 Å². The van der Waals surface area contributed by atoms with Crippen LogP contribution in [0.5, 0.6) is 0 Å². The molecule has 4 heteroatoms. The Kier molecular flexibility index (Phi) is 3.60. The summed E-state index contributed by atoms with van der Waals surface area (Å²) in [7, 11) is 0. The third-order valence-electron chi connectivity index (χ3n) is 3.70. The highest BCUT2D eigenvalue weighted by Crippen LogP contribution is 2.40. The normalized spacial score (nSPS) is 15.5. The second-order valence-corrected chi connectivity index (χ2v) is 5.37. The van der Waals surface area contributed by atoms with E-state index in [0.29, 0.717) is 17.2 Å². The average Bonchev–Trinajstić information content (AvgIpc) is 3.29. The monoisotopic (exact) mass is 285 g/mol. The van der Waals surface area contributed by atoms with Crippen LogP contribution in [-0.2, 0) is 4.79 Å². The minimum atomic E-state index is -0.988. The van der Waals surface area contributed by atoms with Gasteiger partial charge in [-0.25, -0.2) is 9.18 Å². The molecule has 1 saturated carbocycles. The summed E-state index contributed by atoms with van der Waals surface area (Å²) >= 11 is 0. The van der Waals surface area contributed by atoms with Gasteiger partial charge >= 0.3 is 5.97 Å². The van der Waals surface area contributed by atoms with Crippen LogP contribution in [-0.4, -0.2) is 11.1 Å². The fourth-order valence-electron chi connectivity index (χ4n) is 2.41. The van der Waals surface area contributed by atoms with E-state index in [1.165, 1.54) is 30.5 Å². The van der Waals surface area contributed by atoms with Crippen molar-refractivity contribution in [3.8, 4) is 0 Å². The molecule has 1 aliphatic carbocycles. The quantitative estimate of drug-likeness (QED) is 0.874. The Morgan fingerprint density at radius 2 is 1.90 bits per heavy atom. The van der Waals surface area contributed by atoms with Gasteiger partial charge in [-0.15, -0.1) is 0 Å². The molecule has 1 atom stereocenters. The molecule has 0 radical (unpaired) electrons. The van der Waals surface area contributed by atoms with E-state index in [2.05, 4.69) is 5.32 Å². The number of hydrogen-bond donors (Lipinski definition) is 2. The molecule has 0 aliphatic heterocycles. The van der Waals surface area contributed by atoms with Crippen molar-refractivity contribution in [2.75, 3.05) is 5.32 Å². The lowest BCUT2D eigenvalue weighted by Crippen LogP contribution is -2.20. The number of carboxylic acid groups (broad SMARTS) is 1. The molecule has 108 valence electrons. The topological polar surface area (TPSA) is 49.3 Å². The van der Waals surface area contributed by atoms with Gasteiger partial charge in [-0.2, -0.15) is 0 Å². The summed E-state index contributed by atoms with van der Waals surface area (Å²) in [6.07, 6.45) is 2.42. The number of anilines is 1. The molecule has 0 heterocycles. The van der Waals surface area contributed by atoms with Gasteiger partial charge in [0.2, 0.25) is 0 Å². The van der Waals surface area contributed by atoms with Gasteiger partial charge in [-0.1, -0.05) is 30.3 Å². The summed E-state index contributed by atoms with van der Waals surface area (Å²) in [4.78, 5) is 11.5. The molecule has 1 fully saturated rings. The van der Waals surface area contributed by atoms with Gasteiger partial charge in [-0.05, 0) is 48.1 Å². The van der Waals surface area contributed by atoms with E-state index in [-0.39, 0.29) is 0 Å². The second-order valence-electron chi connectivity index (χ2n) is 5.37. The van der Waals surface area contributed by atoms with Crippen molar-refractivity contribution in [1.82, 2.24) is 0 Å². The van der Waals surface area contributed by atoms with E-state index in [0.717, 1.165) is 0 Å². The van der Waals surface area contributed by atoms with Gasteiger partial charge in [0.25, 0.3) is 0 Å². The van der Waals surface area contributed by atoms with Crippen LogP contribution in [0.1, 0.15) is 35.9 Å². The highest BCUT2D eigenvalue weighted by molar-refractivity contribution is 5.79. The van der Waals surface area contributed by atoms with Crippen molar-refractivity contribution in [1.29, 1.82) is 0 Å². The lowest BCUT2D eigenvalue weighted by Gasteiger charge is -2.16. The highest BCUT2D eigenvalue weighted by atomic mass is 19.1. The summed E-state index contributed by atoms with van der Waals surface area (Å²) in [6.45, 7) is 0. The molecule has 2 N–H and O–H groups in total. The number of halogens is 1. The van der Waals surface area contributed by atoms with Crippen molar-refractivity contribution >= 4 is 11.7 Å². The molecule has 2 aromatic rings. The lowest BCUT2D eigenvalue weighted by atomic mass is 10.0. The molecule has 0 bridgehead atoms. The molecule has 1 unspecified atom stereocenters. The molecule has 0 aromatic heterocycles. The summed E-state index contributed by atoms with van der Waals surface area (Å²) in [6, 6.07) is 12.5. The van der Waals surface area contributed by atoms with Gasteiger partial charge in [0, 0.05) is 5.69 Å². The second kappa shape index (κ2) is 5.56. The van der Waals surface area contributed by atoms with Crippen LogP contribution in [0.3, 0.4) is 0 Å². The smallest absolute Gasteiger partial charge is 0.330 e. The summed E-state index contributed by atoms with van der Waals surface area (Å²) in [5.74, 6) is -0.745. The predicted molar refractivity (Wildman–Crippen MR) is 78.8 cm³/mol. The SMILES string of the molecule is O=C(O)C(Nc1cccc(F)c1)c1ccc(C2CC2)cc1. The molecular weight excluding hydrogens is 269 g/mol. The zero-order valence-corrected chi connectivity index (χ0v) is 11.4. The Morgan fingerprint density at radius 1 is 1.19 bits per heavy atom. The van der Waals surface area contributed by atoms with Crippen molar-refractivity contribution in [3.63, 3.8) is 0 Å². The maximum atomic E-state index is 13.2. The Balaban J connectivity index is 1.81. The van der Waals surface area contributed by atoms with Gasteiger partial charge in [0.15, 0.2) is 6.04 Å². The van der Waals surface area contributed by atoms with Gasteiger partial charge < -0.3 is 10.4 Å². The first kappa shape index (κ1) is 13.6. The van der Waals surface area contributed by atoms with Crippen molar-refractivity contribution in [2.24, 2.45) is 0 Å². The number of carboxylic acids is 1. The number of rotatable bonds is 5. The lowest BCUT2D eigenvalue weighted by molar-refractivity contribution is -0.138. The molecule has 0 amide bonds. The molecule has 0 saturated heterocycles. The number of nitrogens with one attached hydrogen (secondary N) is 1. The first-order valence-corrected chi connectivity index (χ1v) is 6.98. The van der Waals surface area contributed by atoms with Crippen LogP contribution in [0.25, 0.3) is 0 Å². The number of hydrogen-bond acceptors (Lipinski definition) is 2. The Morgan fingerprint density at radius 3 is 2.48 bits per heavy atom. The first-order valence-electron chi connectivity index (χ1n) is 6.98. The number of carbonyl (C=O) groups is 1. The molecule has 21 heavy (non-hydrogen) atoms. The number of aliphatic carboxylic acids is 1. The van der Waals surface area contributed by atoms with Crippen LogP contribution in [0, 0.1) is 5.82 Å². The highest BCUT2D eigenvalue weighted by Gasteiger charge is 2.24. The zero-order valence-electron chi connectivity index (χ0n) is 11.4. The molecule has 3 rings (SSSR count). The summed E-state index contributed by atoms with van der Waals surface area (Å²) in [5, 5.41) is 12.3. The van der Waals surface area contributed by atoms with E-state index in [9.17, 15) is 14.3 Å². The number of benzene rings is 2.